The summed E-state index contributed by atoms with van der Waals surface area (Å²) in [6.45, 7) is 2.61. The molecule has 1 aliphatic rings. The zero-order valence-electron chi connectivity index (χ0n) is 7.66. The van der Waals surface area contributed by atoms with Crippen molar-refractivity contribution in [3.8, 4) is 0 Å². The maximum absolute atomic E-state index is 9.04. The number of aliphatic hydroxyl groups is 1. The van der Waals surface area contributed by atoms with Gasteiger partial charge in [-0.15, -0.1) is 0 Å². The lowest BCUT2D eigenvalue weighted by molar-refractivity contribution is 0.0609. The van der Waals surface area contributed by atoms with Crippen LogP contribution in [-0.4, -0.2) is 22.4 Å². The first-order valence-electron chi connectivity index (χ1n) is 4.57. The topological polar surface area (TPSA) is 58.3 Å². The van der Waals surface area contributed by atoms with Gasteiger partial charge in [0.05, 0.1) is 18.3 Å². The first-order valence-corrected chi connectivity index (χ1v) is 4.57. The SMILES string of the molecule is Cc1cc(CNC2CC(O)C2)on1. The largest absolute Gasteiger partial charge is 0.393 e. The van der Waals surface area contributed by atoms with E-state index in [4.69, 9.17) is 9.63 Å². The van der Waals surface area contributed by atoms with Crippen LogP contribution in [0.25, 0.3) is 0 Å². The molecule has 1 aliphatic carbocycles. The number of hydrogen-bond donors (Lipinski definition) is 2. The zero-order chi connectivity index (χ0) is 9.26. The molecule has 1 aromatic heterocycles. The van der Waals surface area contributed by atoms with Gasteiger partial charge in [-0.25, -0.2) is 0 Å². The number of aliphatic hydroxyl groups excluding tert-OH is 1. The summed E-state index contributed by atoms with van der Waals surface area (Å²) < 4.78 is 5.04. The summed E-state index contributed by atoms with van der Waals surface area (Å²) in [5.41, 5.74) is 0.908. The van der Waals surface area contributed by atoms with E-state index in [-0.39, 0.29) is 6.10 Å². The standard InChI is InChI=1S/C9H14N2O2/c1-6-2-9(13-11-6)5-10-7-3-8(12)4-7/h2,7-8,10,12H,3-5H2,1H3. The molecule has 13 heavy (non-hydrogen) atoms. The van der Waals surface area contributed by atoms with Crippen molar-refractivity contribution in [2.45, 2.75) is 38.5 Å². The fourth-order valence-corrected chi connectivity index (χ4v) is 1.50. The van der Waals surface area contributed by atoms with Crippen LogP contribution in [-0.2, 0) is 6.54 Å². The third-order valence-electron chi connectivity index (χ3n) is 2.35. The number of nitrogens with one attached hydrogen (secondary N) is 1. The predicted molar refractivity (Wildman–Crippen MR) is 47.1 cm³/mol. The highest BCUT2D eigenvalue weighted by Gasteiger charge is 2.26. The van der Waals surface area contributed by atoms with Gasteiger partial charge in [0.1, 0.15) is 0 Å². The molecule has 0 amide bonds. The first kappa shape index (κ1) is 8.72. The number of rotatable bonds is 3. The zero-order valence-corrected chi connectivity index (χ0v) is 7.66. The quantitative estimate of drug-likeness (QED) is 0.718. The van der Waals surface area contributed by atoms with E-state index < -0.39 is 0 Å². The molecule has 1 saturated carbocycles. The molecule has 1 aromatic rings. The van der Waals surface area contributed by atoms with Crippen molar-refractivity contribution in [2.75, 3.05) is 0 Å². The second-order valence-corrected chi connectivity index (χ2v) is 3.64. The second-order valence-electron chi connectivity index (χ2n) is 3.64. The van der Waals surface area contributed by atoms with Gasteiger partial charge < -0.3 is 14.9 Å². The Balaban J connectivity index is 1.74. The van der Waals surface area contributed by atoms with Gasteiger partial charge in [-0.05, 0) is 19.8 Å². The summed E-state index contributed by atoms with van der Waals surface area (Å²) in [6.07, 6.45) is 1.61. The van der Waals surface area contributed by atoms with Gasteiger partial charge in [0, 0.05) is 12.1 Å². The highest BCUT2D eigenvalue weighted by Crippen LogP contribution is 2.19. The van der Waals surface area contributed by atoms with Crippen molar-refractivity contribution in [2.24, 2.45) is 0 Å². The van der Waals surface area contributed by atoms with Crippen LogP contribution in [0.15, 0.2) is 10.6 Å². The Morgan fingerprint density at radius 2 is 2.46 bits per heavy atom. The van der Waals surface area contributed by atoms with Gasteiger partial charge in [0.25, 0.3) is 0 Å². The summed E-state index contributed by atoms with van der Waals surface area (Å²) in [4.78, 5) is 0. The molecule has 0 bridgehead atoms. The molecule has 2 rings (SSSR count). The second kappa shape index (κ2) is 3.47. The number of hydrogen-bond acceptors (Lipinski definition) is 4. The smallest absolute Gasteiger partial charge is 0.150 e. The summed E-state index contributed by atoms with van der Waals surface area (Å²) >= 11 is 0. The van der Waals surface area contributed by atoms with Crippen LogP contribution < -0.4 is 5.32 Å². The van der Waals surface area contributed by atoms with E-state index in [1.165, 1.54) is 0 Å². The molecular formula is C9H14N2O2. The molecule has 0 spiro atoms. The van der Waals surface area contributed by atoms with Gasteiger partial charge in [-0.2, -0.15) is 0 Å². The molecule has 0 aromatic carbocycles. The van der Waals surface area contributed by atoms with Crippen molar-refractivity contribution >= 4 is 0 Å². The summed E-state index contributed by atoms with van der Waals surface area (Å²) in [5.74, 6) is 0.860. The van der Waals surface area contributed by atoms with Crippen molar-refractivity contribution < 1.29 is 9.63 Å². The summed E-state index contributed by atoms with van der Waals surface area (Å²) in [7, 11) is 0. The molecule has 0 aliphatic heterocycles. The fraction of sp³-hybridized carbons (Fsp3) is 0.667. The van der Waals surface area contributed by atoms with Crippen LogP contribution in [0.5, 0.6) is 0 Å². The minimum atomic E-state index is -0.103. The van der Waals surface area contributed by atoms with Crippen LogP contribution >= 0.6 is 0 Å². The Labute approximate surface area is 76.9 Å². The van der Waals surface area contributed by atoms with Crippen LogP contribution in [0.2, 0.25) is 0 Å². The monoisotopic (exact) mass is 182 g/mol. The average Bonchev–Trinajstić information content (AvgIpc) is 2.43. The molecular weight excluding hydrogens is 168 g/mol. The fourth-order valence-electron chi connectivity index (χ4n) is 1.50. The van der Waals surface area contributed by atoms with Crippen LogP contribution in [0.3, 0.4) is 0 Å². The molecule has 0 atom stereocenters. The Morgan fingerprint density at radius 3 is 3.00 bits per heavy atom. The molecule has 2 N–H and O–H groups in total. The van der Waals surface area contributed by atoms with E-state index >= 15 is 0 Å². The minimum Gasteiger partial charge on any atom is -0.393 e. The number of aromatic nitrogens is 1. The Kier molecular flexibility index (Phi) is 2.33. The predicted octanol–water partition coefficient (Wildman–Crippen LogP) is 0.596. The Bertz CT molecular complexity index is 279. The Hall–Kier alpha value is -0.870. The van der Waals surface area contributed by atoms with Gasteiger partial charge >= 0.3 is 0 Å². The van der Waals surface area contributed by atoms with E-state index in [2.05, 4.69) is 10.5 Å². The van der Waals surface area contributed by atoms with E-state index in [0.717, 1.165) is 24.3 Å². The highest BCUT2D eigenvalue weighted by molar-refractivity contribution is 5.03. The van der Waals surface area contributed by atoms with Crippen molar-refractivity contribution in [3.63, 3.8) is 0 Å². The van der Waals surface area contributed by atoms with Crippen molar-refractivity contribution in [1.29, 1.82) is 0 Å². The molecule has 0 saturated heterocycles. The van der Waals surface area contributed by atoms with E-state index in [1.807, 2.05) is 13.0 Å². The third-order valence-corrected chi connectivity index (χ3v) is 2.35. The average molecular weight is 182 g/mol. The van der Waals surface area contributed by atoms with Gasteiger partial charge in [0.15, 0.2) is 5.76 Å². The molecule has 1 fully saturated rings. The molecule has 1 heterocycles. The molecule has 4 heteroatoms. The van der Waals surface area contributed by atoms with Crippen molar-refractivity contribution in [3.05, 3.63) is 17.5 Å². The van der Waals surface area contributed by atoms with Crippen LogP contribution in [0, 0.1) is 6.92 Å². The van der Waals surface area contributed by atoms with Gasteiger partial charge in [-0.3, -0.25) is 0 Å². The highest BCUT2D eigenvalue weighted by atomic mass is 16.5. The molecule has 0 unspecified atom stereocenters. The lowest BCUT2D eigenvalue weighted by Gasteiger charge is -2.31. The van der Waals surface area contributed by atoms with Crippen LogP contribution in [0.4, 0.5) is 0 Å². The van der Waals surface area contributed by atoms with E-state index in [0.29, 0.717) is 12.6 Å². The summed E-state index contributed by atoms with van der Waals surface area (Å²) in [5, 5.41) is 16.1. The lowest BCUT2D eigenvalue weighted by Crippen LogP contribution is -2.43. The van der Waals surface area contributed by atoms with E-state index in [1.54, 1.807) is 0 Å². The van der Waals surface area contributed by atoms with Crippen molar-refractivity contribution in [1.82, 2.24) is 10.5 Å². The maximum Gasteiger partial charge on any atom is 0.150 e. The normalized spacial score (nSPS) is 27.2. The van der Waals surface area contributed by atoms with E-state index in [9.17, 15) is 0 Å². The van der Waals surface area contributed by atoms with Gasteiger partial charge in [-0.1, -0.05) is 5.16 Å². The van der Waals surface area contributed by atoms with Gasteiger partial charge in [0.2, 0.25) is 0 Å². The lowest BCUT2D eigenvalue weighted by atomic mass is 9.89. The van der Waals surface area contributed by atoms with Crippen LogP contribution in [0.1, 0.15) is 24.3 Å². The Morgan fingerprint density at radius 1 is 1.69 bits per heavy atom. The number of nitrogens with zero attached hydrogens (tertiary/aromatic N) is 1. The summed E-state index contributed by atoms with van der Waals surface area (Å²) in [6, 6.07) is 2.36. The molecule has 4 nitrogen and oxygen atoms in total. The minimum absolute atomic E-state index is 0.103. The first-order chi connectivity index (χ1) is 6.24. The third kappa shape index (κ3) is 2.08. The maximum atomic E-state index is 9.04. The molecule has 0 radical (unpaired) electrons. The number of aryl methyl sites for hydroxylation is 1. The molecule has 72 valence electrons.